The molecule has 0 bridgehead atoms. The van der Waals surface area contributed by atoms with Gasteiger partial charge in [-0.3, -0.25) is 9.59 Å². The van der Waals surface area contributed by atoms with Crippen molar-refractivity contribution in [3.63, 3.8) is 0 Å². The summed E-state index contributed by atoms with van der Waals surface area (Å²) in [5.74, 6) is -0.111. The van der Waals surface area contributed by atoms with Crippen LogP contribution in [-0.2, 0) is 9.59 Å². The number of nitrogens with zero attached hydrogens (tertiary/aromatic N) is 1. The average Bonchev–Trinajstić information content (AvgIpc) is 1.98. The minimum atomic E-state index is -0.111. The molecule has 5 nitrogen and oxygen atoms in total. The van der Waals surface area contributed by atoms with Crippen LogP contribution in [0.2, 0.25) is 0 Å². The van der Waals surface area contributed by atoms with Crippen molar-refractivity contribution in [2.75, 3.05) is 20.1 Å². The Bertz CT molecular complexity index is 249. The first-order valence-electron chi connectivity index (χ1n) is 5.28. The third kappa shape index (κ3) is 3.51. The minimum absolute atomic E-state index is 0.000145. The average molecular weight is 213 g/mol. The summed E-state index contributed by atoms with van der Waals surface area (Å²) in [6, 6.07) is 0.0321. The Hall–Kier alpha value is -1.10. The van der Waals surface area contributed by atoms with Crippen LogP contribution < -0.4 is 10.6 Å². The highest BCUT2D eigenvalue weighted by molar-refractivity contribution is 5.87. The molecule has 86 valence electrons. The fourth-order valence-corrected chi connectivity index (χ4v) is 1.43. The van der Waals surface area contributed by atoms with E-state index in [0.717, 1.165) is 13.0 Å². The molecule has 0 spiro atoms. The van der Waals surface area contributed by atoms with E-state index in [2.05, 4.69) is 10.6 Å². The van der Waals surface area contributed by atoms with Crippen LogP contribution in [0.25, 0.3) is 0 Å². The maximum absolute atomic E-state index is 11.6. The zero-order chi connectivity index (χ0) is 11.4. The zero-order valence-corrected chi connectivity index (χ0v) is 9.54. The minimum Gasteiger partial charge on any atom is -0.352 e. The van der Waals surface area contributed by atoms with Crippen LogP contribution in [0.5, 0.6) is 0 Å². The van der Waals surface area contributed by atoms with Gasteiger partial charge in [0.15, 0.2) is 0 Å². The number of likely N-dealkylation sites (N-methyl/N-ethyl adjacent to an activating group) is 1. The normalized spacial score (nSPS) is 19.6. The highest BCUT2D eigenvalue weighted by Crippen LogP contribution is 2.04. The largest absolute Gasteiger partial charge is 0.352 e. The van der Waals surface area contributed by atoms with E-state index in [1.807, 2.05) is 13.8 Å². The monoisotopic (exact) mass is 213 g/mol. The molecule has 0 aromatic carbocycles. The topological polar surface area (TPSA) is 61.4 Å². The Balaban J connectivity index is 2.30. The van der Waals surface area contributed by atoms with E-state index in [9.17, 15) is 9.59 Å². The van der Waals surface area contributed by atoms with Gasteiger partial charge in [0.05, 0.1) is 12.6 Å². The molecule has 1 fully saturated rings. The summed E-state index contributed by atoms with van der Waals surface area (Å²) in [6.07, 6.45) is 0.870. The van der Waals surface area contributed by atoms with Crippen molar-refractivity contribution in [1.82, 2.24) is 15.5 Å². The first-order chi connectivity index (χ1) is 7.00. The van der Waals surface area contributed by atoms with Crippen molar-refractivity contribution in [2.24, 2.45) is 0 Å². The fraction of sp³-hybridized carbons (Fsp3) is 0.800. The number of rotatable bonds is 4. The van der Waals surface area contributed by atoms with Gasteiger partial charge in [-0.15, -0.1) is 0 Å². The van der Waals surface area contributed by atoms with Crippen molar-refractivity contribution in [1.29, 1.82) is 0 Å². The van der Waals surface area contributed by atoms with Gasteiger partial charge in [-0.1, -0.05) is 0 Å². The first-order valence-corrected chi connectivity index (χ1v) is 5.28. The van der Waals surface area contributed by atoms with E-state index in [4.69, 9.17) is 0 Å². The third-order valence-corrected chi connectivity index (χ3v) is 2.33. The molecule has 1 aliphatic rings. The maximum Gasteiger partial charge on any atom is 0.239 e. The van der Waals surface area contributed by atoms with Gasteiger partial charge in [0.1, 0.15) is 0 Å². The second-order valence-corrected chi connectivity index (χ2v) is 4.21. The second-order valence-electron chi connectivity index (χ2n) is 4.21. The van der Waals surface area contributed by atoms with Gasteiger partial charge >= 0.3 is 0 Å². The highest BCUT2D eigenvalue weighted by Gasteiger charge is 2.27. The molecule has 0 aromatic heterocycles. The van der Waals surface area contributed by atoms with Gasteiger partial charge in [-0.05, 0) is 26.8 Å². The SMILES string of the molecule is CC(C)NC(=O)CN(C)C(=O)[C@H]1CCN1. The molecule has 5 heteroatoms. The van der Waals surface area contributed by atoms with E-state index < -0.39 is 0 Å². The molecule has 2 N–H and O–H groups in total. The summed E-state index contributed by atoms with van der Waals surface area (Å²) in [7, 11) is 1.66. The number of amides is 2. The number of carbonyl (C=O) groups is 2. The van der Waals surface area contributed by atoms with E-state index >= 15 is 0 Å². The lowest BCUT2D eigenvalue weighted by molar-refractivity contribution is -0.137. The zero-order valence-electron chi connectivity index (χ0n) is 9.54. The summed E-state index contributed by atoms with van der Waals surface area (Å²) in [6.45, 7) is 4.82. The lowest BCUT2D eigenvalue weighted by Gasteiger charge is -2.30. The smallest absolute Gasteiger partial charge is 0.239 e. The molecule has 1 atom stereocenters. The molecule has 0 aliphatic carbocycles. The maximum atomic E-state index is 11.6. The van der Waals surface area contributed by atoms with Crippen LogP contribution >= 0.6 is 0 Å². The fourth-order valence-electron chi connectivity index (χ4n) is 1.43. The Labute approximate surface area is 90.2 Å². The van der Waals surface area contributed by atoms with Crippen LogP contribution in [-0.4, -0.2) is 48.9 Å². The van der Waals surface area contributed by atoms with Gasteiger partial charge in [0, 0.05) is 13.1 Å². The summed E-state index contributed by atoms with van der Waals surface area (Å²) >= 11 is 0. The van der Waals surface area contributed by atoms with Crippen molar-refractivity contribution in [2.45, 2.75) is 32.4 Å². The van der Waals surface area contributed by atoms with Crippen molar-refractivity contribution < 1.29 is 9.59 Å². The van der Waals surface area contributed by atoms with E-state index in [1.54, 1.807) is 7.05 Å². The van der Waals surface area contributed by atoms with Gasteiger partial charge < -0.3 is 15.5 Å². The van der Waals surface area contributed by atoms with Crippen LogP contribution in [0.3, 0.4) is 0 Å². The summed E-state index contributed by atoms with van der Waals surface area (Å²) in [5.41, 5.74) is 0. The van der Waals surface area contributed by atoms with E-state index in [0.29, 0.717) is 0 Å². The summed E-state index contributed by atoms with van der Waals surface area (Å²) in [4.78, 5) is 24.5. The number of hydrogen-bond donors (Lipinski definition) is 2. The molecule has 0 aromatic rings. The van der Waals surface area contributed by atoms with Crippen molar-refractivity contribution in [3.8, 4) is 0 Å². The lowest BCUT2D eigenvalue weighted by Crippen LogP contribution is -2.55. The van der Waals surface area contributed by atoms with Crippen LogP contribution in [0.15, 0.2) is 0 Å². The van der Waals surface area contributed by atoms with Gasteiger partial charge in [0.2, 0.25) is 11.8 Å². The molecule has 0 unspecified atom stereocenters. The molecular weight excluding hydrogens is 194 g/mol. The Morgan fingerprint density at radius 1 is 1.53 bits per heavy atom. The predicted molar refractivity (Wildman–Crippen MR) is 57.3 cm³/mol. The van der Waals surface area contributed by atoms with Crippen molar-refractivity contribution >= 4 is 11.8 Å². The predicted octanol–water partition coefficient (Wildman–Crippen LogP) is -0.669. The molecular formula is C10H19N3O2. The Morgan fingerprint density at radius 2 is 2.13 bits per heavy atom. The first kappa shape index (κ1) is 12.0. The van der Waals surface area contributed by atoms with Gasteiger partial charge in [-0.2, -0.15) is 0 Å². The summed E-state index contributed by atoms with van der Waals surface area (Å²) < 4.78 is 0. The lowest BCUT2D eigenvalue weighted by atomic mass is 10.1. The molecule has 1 saturated heterocycles. The van der Waals surface area contributed by atoms with Crippen molar-refractivity contribution in [3.05, 3.63) is 0 Å². The molecule has 0 saturated carbocycles. The molecule has 0 radical (unpaired) electrons. The molecule has 1 rings (SSSR count). The number of nitrogens with one attached hydrogen (secondary N) is 2. The van der Waals surface area contributed by atoms with E-state index in [-0.39, 0.29) is 30.4 Å². The number of hydrogen-bond acceptors (Lipinski definition) is 3. The highest BCUT2D eigenvalue weighted by atomic mass is 16.2. The van der Waals surface area contributed by atoms with E-state index in [1.165, 1.54) is 4.90 Å². The molecule has 1 aliphatic heterocycles. The second kappa shape index (κ2) is 5.11. The molecule has 1 heterocycles. The third-order valence-electron chi connectivity index (χ3n) is 2.33. The summed E-state index contributed by atoms with van der Waals surface area (Å²) in [5, 5.41) is 5.77. The number of carbonyl (C=O) groups excluding carboxylic acids is 2. The molecule has 2 amide bonds. The van der Waals surface area contributed by atoms with Gasteiger partial charge in [-0.25, -0.2) is 0 Å². The Kier molecular flexibility index (Phi) is 4.08. The van der Waals surface area contributed by atoms with Crippen LogP contribution in [0.1, 0.15) is 20.3 Å². The van der Waals surface area contributed by atoms with Crippen LogP contribution in [0, 0.1) is 0 Å². The Morgan fingerprint density at radius 3 is 2.53 bits per heavy atom. The van der Waals surface area contributed by atoms with Gasteiger partial charge in [0.25, 0.3) is 0 Å². The standard InChI is InChI=1S/C10H19N3O2/c1-7(2)12-9(14)6-13(3)10(15)8-4-5-11-8/h7-8,11H,4-6H2,1-3H3,(H,12,14)/t8-/m1/s1. The molecule has 15 heavy (non-hydrogen) atoms. The quantitative estimate of drug-likeness (QED) is 0.651. The van der Waals surface area contributed by atoms with Crippen LogP contribution in [0.4, 0.5) is 0 Å².